The maximum atomic E-state index is 12.7. The van der Waals surface area contributed by atoms with E-state index in [4.69, 9.17) is 4.84 Å². The maximum absolute atomic E-state index is 12.7. The molecule has 0 heterocycles. The van der Waals surface area contributed by atoms with E-state index in [-0.39, 0.29) is 19.4 Å². The number of amides is 2. The summed E-state index contributed by atoms with van der Waals surface area (Å²) in [4.78, 5) is 16.7. The van der Waals surface area contributed by atoms with E-state index in [0.29, 0.717) is 12.8 Å². The van der Waals surface area contributed by atoms with Crippen molar-refractivity contribution < 1.29 is 22.8 Å². The van der Waals surface area contributed by atoms with Gasteiger partial charge in [0.2, 0.25) is 0 Å². The van der Waals surface area contributed by atoms with E-state index in [0.717, 1.165) is 5.56 Å². The molecule has 2 N–H and O–H groups in total. The molecule has 1 aliphatic rings. The standard InChI is InChI=1S/C15H19F3N2O2/c16-15(17,18)12-7-4-8-13(9-12)19-14(21)20-22-10-11-5-2-1-3-6-11/h1-3,5-6,12-13H,4,7-10H2,(H2,19,20,21)/t12-,13-/m1/s1. The Morgan fingerprint density at radius 3 is 2.64 bits per heavy atom. The minimum Gasteiger partial charge on any atom is -0.334 e. The van der Waals surface area contributed by atoms with Crippen molar-refractivity contribution in [2.75, 3.05) is 0 Å². The van der Waals surface area contributed by atoms with Gasteiger partial charge in [-0.25, -0.2) is 10.3 Å². The van der Waals surface area contributed by atoms with Gasteiger partial charge in [0.25, 0.3) is 0 Å². The van der Waals surface area contributed by atoms with Crippen LogP contribution in [0.1, 0.15) is 31.2 Å². The second-order valence-corrected chi connectivity index (χ2v) is 5.45. The monoisotopic (exact) mass is 316 g/mol. The van der Waals surface area contributed by atoms with Crippen LogP contribution in [0.3, 0.4) is 0 Å². The van der Waals surface area contributed by atoms with Gasteiger partial charge >= 0.3 is 12.2 Å². The Morgan fingerprint density at radius 2 is 1.95 bits per heavy atom. The Morgan fingerprint density at radius 1 is 1.23 bits per heavy atom. The lowest BCUT2D eigenvalue weighted by Crippen LogP contribution is -2.45. The number of carbonyl (C=O) groups excluding carboxylic acids is 1. The van der Waals surface area contributed by atoms with Crippen molar-refractivity contribution in [1.82, 2.24) is 10.8 Å². The van der Waals surface area contributed by atoms with Crippen LogP contribution in [-0.2, 0) is 11.4 Å². The summed E-state index contributed by atoms with van der Waals surface area (Å²) in [5, 5.41) is 2.53. The molecule has 122 valence electrons. The number of halogens is 3. The van der Waals surface area contributed by atoms with Crippen molar-refractivity contribution in [3.8, 4) is 0 Å². The van der Waals surface area contributed by atoms with Crippen LogP contribution >= 0.6 is 0 Å². The van der Waals surface area contributed by atoms with Crippen molar-refractivity contribution in [2.45, 2.75) is 44.5 Å². The molecule has 0 aliphatic heterocycles. The van der Waals surface area contributed by atoms with Gasteiger partial charge in [0.1, 0.15) is 0 Å². The lowest BCUT2D eigenvalue weighted by atomic mass is 9.85. The summed E-state index contributed by atoms with van der Waals surface area (Å²) in [5.74, 6) is -1.34. The third-order valence-corrected chi connectivity index (χ3v) is 3.72. The molecule has 1 aliphatic carbocycles. The predicted octanol–water partition coefficient (Wildman–Crippen LogP) is 3.54. The highest BCUT2D eigenvalue weighted by Gasteiger charge is 2.42. The van der Waals surface area contributed by atoms with Gasteiger partial charge < -0.3 is 5.32 Å². The molecule has 22 heavy (non-hydrogen) atoms. The summed E-state index contributed by atoms with van der Waals surface area (Å²) in [5.41, 5.74) is 3.09. The van der Waals surface area contributed by atoms with E-state index in [1.807, 2.05) is 30.3 Å². The molecule has 0 radical (unpaired) electrons. The molecule has 0 unspecified atom stereocenters. The zero-order chi connectivity index (χ0) is 16.0. The van der Waals surface area contributed by atoms with Crippen molar-refractivity contribution in [2.24, 2.45) is 5.92 Å². The van der Waals surface area contributed by atoms with E-state index in [2.05, 4.69) is 10.8 Å². The van der Waals surface area contributed by atoms with E-state index < -0.39 is 24.2 Å². The van der Waals surface area contributed by atoms with E-state index in [1.165, 1.54) is 0 Å². The van der Waals surface area contributed by atoms with Crippen molar-refractivity contribution in [3.63, 3.8) is 0 Å². The van der Waals surface area contributed by atoms with Gasteiger partial charge in [-0.1, -0.05) is 36.8 Å². The van der Waals surface area contributed by atoms with Crippen molar-refractivity contribution >= 4 is 6.03 Å². The third kappa shape index (κ3) is 5.22. The maximum Gasteiger partial charge on any atom is 0.391 e. The number of carbonyl (C=O) groups is 1. The predicted molar refractivity (Wildman–Crippen MR) is 74.7 cm³/mol. The Bertz CT molecular complexity index is 479. The van der Waals surface area contributed by atoms with Crippen LogP contribution < -0.4 is 10.8 Å². The number of alkyl halides is 3. The molecule has 2 rings (SSSR count). The zero-order valence-electron chi connectivity index (χ0n) is 12.0. The molecular weight excluding hydrogens is 297 g/mol. The van der Waals surface area contributed by atoms with Crippen molar-refractivity contribution in [3.05, 3.63) is 35.9 Å². The fraction of sp³-hybridized carbons (Fsp3) is 0.533. The SMILES string of the molecule is O=C(NOCc1ccccc1)N[C@@H]1CCC[C@@H](C(F)(F)F)C1. The van der Waals surface area contributed by atoms with Crippen LogP contribution in [-0.4, -0.2) is 18.2 Å². The molecule has 0 aromatic heterocycles. The molecule has 0 bridgehead atoms. The highest BCUT2D eigenvalue weighted by atomic mass is 19.4. The summed E-state index contributed by atoms with van der Waals surface area (Å²) < 4.78 is 38.1. The lowest BCUT2D eigenvalue weighted by Gasteiger charge is -2.30. The molecule has 7 heteroatoms. The lowest BCUT2D eigenvalue weighted by molar-refractivity contribution is -0.183. The van der Waals surface area contributed by atoms with Gasteiger partial charge in [0, 0.05) is 6.04 Å². The average molecular weight is 316 g/mol. The summed E-state index contributed by atoms with van der Waals surface area (Å²) in [6.45, 7) is 0.199. The van der Waals surface area contributed by atoms with Crippen LogP contribution in [0.25, 0.3) is 0 Å². The van der Waals surface area contributed by atoms with E-state index in [9.17, 15) is 18.0 Å². The number of hydroxylamine groups is 1. The highest BCUT2D eigenvalue weighted by molar-refractivity contribution is 5.73. The smallest absolute Gasteiger partial charge is 0.334 e. The first-order valence-electron chi connectivity index (χ1n) is 7.24. The van der Waals surface area contributed by atoms with E-state index in [1.54, 1.807) is 0 Å². The molecule has 1 aromatic carbocycles. The largest absolute Gasteiger partial charge is 0.391 e. The first kappa shape index (κ1) is 16.6. The fourth-order valence-corrected chi connectivity index (χ4v) is 2.59. The number of nitrogens with one attached hydrogen (secondary N) is 2. The Hall–Kier alpha value is -1.76. The van der Waals surface area contributed by atoms with Crippen LogP contribution in [0.4, 0.5) is 18.0 Å². The Labute approximate surface area is 127 Å². The fourth-order valence-electron chi connectivity index (χ4n) is 2.59. The Balaban J connectivity index is 1.70. The number of hydrogen-bond acceptors (Lipinski definition) is 2. The van der Waals surface area contributed by atoms with Crippen LogP contribution in [0.2, 0.25) is 0 Å². The normalized spacial score (nSPS) is 22.1. The second-order valence-electron chi connectivity index (χ2n) is 5.45. The minimum absolute atomic E-state index is 0.0738. The summed E-state index contributed by atoms with van der Waals surface area (Å²) in [7, 11) is 0. The molecule has 4 nitrogen and oxygen atoms in total. The van der Waals surface area contributed by atoms with Crippen LogP contribution in [0.15, 0.2) is 30.3 Å². The second kappa shape index (κ2) is 7.49. The molecule has 2 atom stereocenters. The van der Waals surface area contributed by atoms with Crippen molar-refractivity contribution in [1.29, 1.82) is 0 Å². The average Bonchev–Trinajstić information content (AvgIpc) is 2.48. The van der Waals surface area contributed by atoms with Gasteiger partial charge in [-0.3, -0.25) is 4.84 Å². The minimum atomic E-state index is -4.19. The summed E-state index contributed by atoms with van der Waals surface area (Å²) in [6, 6.07) is 8.16. The number of benzene rings is 1. The van der Waals surface area contributed by atoms with Gasteiger partial charge in [-0.05, 0) is 24.8 Å². The third-order valence-electron chi connectivity index (χ3n) is 3.72. The molecule has 1 fully saturated rings. The summed E-state index contributed by atoms with van der Waals surface area (Å²) >= 11 is 0. The molecular formula is C15H19F3N2O2. The van der Waals surface area contributed by atoms with Gasteiger partial charge in [0.05, 0.1) is 12.5 Å². The molecule has 1 saturated carbocycles. The van der Waals surface area contributed by atoms with Crippen LogP contribution in [0.5, 0.6) is 0 Å². The first-order valence-corrected chi connectivity index (χ1v) is 7.24. The summed E-state index contributed by atoms with van der Waals surface area (Å²) in [6.07, 6.45) is -3.12. The first-order chi connectivity index (χ1) is 10.4. The quantitative estimate of drug-likeness (QED) is 0.835. The van der Waals surface area contributed by atoms with Crippen LogP contribution in [0, 0.1) is 5.92 Å². The molecule has 0 saturated heterocycles. The molecule has 2 amide bonds. The van der Waals surface area contributed by atoms with Gasteiger partial charge in [-0.2, -0.15) is 13.2 Å². The number of hydrogen-bond donors (Lipinski definition) is 2. The zero-order valence-corrected chi connectivity index (χ0v) is 12.0. The highest BCUT2D eigenvalue weighted by Crippen LogP contribution is 2.37. The molecule has 1 aromatic rings. The van der Waals surface area contributed by atoms with Gasteiger partial charge in [0.15, 0.2) is 0 Å². The number of urea groups is 1. The Kier molecular flexibility index (Phi) is 5.65. The topological polar surface area (TPSA) is 50.4 Å². The van der Waals surface area contributed by atoms with E-state index >= 15 is 0 Å². The number of rotatable bonds is 4. The molecule has 0 spiro atoms. The van der Waals surface area contributed by atoms with Gasteiger partial charge in [-0.15, -0.1) is 0 Å².